The molecule has 0 radical (unpaired) electrons. The Hall–Kier alpha value is -4.16. The van der Waals surface area contributed by atoms with Crippen LogP contribution in [0, 0.1) is 0 Å². The van der Waals surface area contributed by atoms with Crippen LogP contribution in [0.15, 0.2) is 97.1 Å². The van der Waals surface area contributed by atoms with Crippen LogP contribution >= 0.6 is 0 Å². The molecule has 0 amide bonds. The Morgan fingerprint density at radius 3 is 2.11 bits per heavy atom. The molecular formula is C35H22. The third-order valence-electron chi connectivity index (χ3n) is 8.74. The van der Waals surface area contributed by atoms with Crippen LogP contribution < -0.4 is 0 Å². The summed E-state index contributed by atoms with van der Waals surface area (Å²) >= 11 is 0. The average molecular weight is 443 g/mol. The molecule has 0 aromatic heterocycles. The normalized spacial score (nSPS) is 16.8. The first kappa shape index (κ1) is 18.2. The van der Waals surface area contributed by atoms with Crippen molar-refractivity contribution < 1.29 is 0 Å². The summed E-state index contributed by atoms with van der Waals surface area (Å²) in [6, 6.07) is 36.8. The lowest BCUT2D eigenvalue weighted by molar-refractivity contribution is 1.05. The molecule has 0 nitrogen and oxygen atoms in total. The summed E-state index contributed by atoms with van der Waals surface area (Å²) in [6.45, 7) is 0. The molecule has 5 aromatic carbocycles. The third-order valence-corrected chi connectivity index (χ3v) is 8.74. The molecule has 1 unspecified atom stereocenters. The van der Waals surface area contributed by atoms with Gasteiger partial charge in [-0.2, -0.15) is 0 Å². The number of allylic oxidation sites excluding steroid dienone is 1. The van der Waals surface area contributed by atoms with Gasteiger partial charge in [-0.3, -0.25) is 0 Å². The largest absolute Gasteiger partial charge is 0.0619 e. The third kappa shape index (κ3) is 2.23. The summed E-state index contributed by atoms with van der Waals surface area (Å²) < 4.78 is 0. The van der Waals surface area contributed by atoms with Gasteiger partial charge < -0.3 is 0 Å². The van der Waals surface area contributed by atoms with Crippen LogP contribution in [0.25, 0.3) is 45.0 Å². The SMILES string of the molecule is C1=C2c3c(ccc4c3-c3ccccc3C4)-c3cc4c(cc3C2c2ccccc21)-c1ccccc1C4. The van der Waals surface area contributed by atoms with Gasteiger partial charge in [-0.1, -0.05) is 84.9 Å². The highest BCUT2D eigenvalue weighted by Gasteiger charge is 2.39. The predicted molar refractivity (Wildman–Crippen MR) is 145 cm³/mol. The molecule has 0 saturated heterocycles. The first-order valence-electron chi connectivity index (χ1n) is 12.7. The highest BCUT2D eigenvalue weighted by molar-refractivity contribution is 6.08. The summed E-state index contributed by atoms with van der Waals surface area (Å²) in [7, 11) is 0. The van der Waals surface area contributed by atoms with Gasteiger partial charge in [0, 0.05) is 5.92 Å². The number of benzene rings is 5. The van der Waals surface area contributed by atoms with Crippen LogP contribution in [0.3, 0.4) is 0 Å². The Balaban J connectivity index is 1.40. The Bertz CT molecular complexity index is 1800. The quantitative estimate of drug-likeness (QED) is 0.221. The van der Waals surface area contributed by atoms with E-state index in [1.807, 2.05) is 0 Å². The van der Waals surface area contributed by atoms with Crippen molar-refractivity contribution in [2.24, 2.45) is 0 Å². The maximum absolute atomic E-state index is 2.53. The van der Waals surface area contributed by atoms with Gasteiger partial charge >= 0.3 is 0 Å². The van der Waals surface area contributed by atoms with Gasteiger partial charge in [-0.15, -0.1) is 0 Å². The number of fused-ring (bicyclic) bond motifs is 15. The first-order chi connectivity index (χ1) is 17.3. The van der Waals surface area contributed by atoms with Crippen LogP contribution in [-0.4, -0.2) is 0 Å². The summed E-state index contributed by atoms with van der Waals surface area (Å²) in [5.41, 5.74) is 21.7. The lowest BCUT2D eigenvalue weighted by Crippen LogP contribution is -2.11. The standard InChI is InChI=1S/C35H22/c1-4-10-25-20(7-1)16-24-18-30-28-14-13-23-15-21-8-2-5-11-26(21)33(23)35(28)32-17-22-9-3-6-12-27(22)34(32)31(30)19-29(24)25/h1-14,17-19,34H,15-16H2. The zero-order chi connectivity index (χ0) is 22.7. The molecule has 0 aliphatic heterocycles. The van der Waals surface area contributed by atoms with E-state index in [4.69, 9.17) is 0 Å². The highest BCUT2D eigenvalue weighted by atomic mass is 14.4. The smallest absolute Gasteiger partial charge is 0.0358 e. The van der Waals surface area contributed by atoms with Crippen LogP contribution in [0.5, 0.6) is 0 Å². The number of rotatable bonds is 0. The summed E-state index contributed by atoms with van der Waals surface area (Å²) in [6.07, 6.45) is 4.55. The van der Waals surface area contributed by atoms with Crippen molar-refractivity contribution in [1.29, 1.82) is 0 Å². The maximum Gasteiger partial charge on any atom is 0.0358 e. The van der Waals surface area contributed by atoms with E-state index in [2.05, 4.69) is 103 Å². The van der Waals surface area contributed by atoms with E-state index >= 15 is 0 Å². The van der Waals surface area contributed by atoms with E-state index in [1.165, 1.54) is 83.5 Å². The van der Waals surface area contributed by atoms with Crippen molar-refractivity contribution >= 4 is 11.6 Å². The van der Waals surface area contributed by atoms with E-state index in [-0.39, 0.29) is 0 Å². The summed E-state index contributed by atoms with van der Waals surface area (Å²) in [5, 5.41) is 0. The minimum Gasteiger partial charge on any atom is -0.0619 e. The molecule has 162 valence electrons. The van der Waals surface area contributed by atoms with Gasteiger partial charge in [0.05, 0.1) is 0 Å². The van der Waals surface area contributed by atoms with Gasteiger partial charge in [-0.05, 0) is 115 Å². The molecule has 0 fully saturated rings. The fourth-order valence-corrected chi connectivity index (χ4v) is 7.30. The molecule has 1 atom stereocenters. The van der Waals surface area contributed by atoms with Crippen molar-refractivity contribution in [3.8, 4) is 33.4 Å². The van der Waals surface area contributed by atoms with E-state index in [9.17, 15) is 0 Å². The summed E-state index contributed by atoms with van der Waals surface area (Å²) in [5.74, 6) is 0.297. The molecule has 0 spiro atoms. The fourth-order valence-electron chi connectivity index (χ4n) is 7.30. The van der Waals surface area contributed by atoms with Gasteiger partial charge in [-0.25, -0.2) is 0 Å². The van der Waals surface area contributed by atoms with Crippen LogP contribution in [0.4, 0.5) is 0 Å². The molecular weight excluding hydrogens is 420 g/mol. The Labute approximate surface area is 205 Å². The predicted octanol–water partition coefficient (Wildman–Crippen LogP) is 8.50. The van der Waals surface area contributed by atoms with Gasteiger partial charge in [0.1, 0.15) is 0 Å². The second kappa shape index (κ2) is 6.29. The number of hydrogen-bond acceptors (Lipinski definition) is 0. The van der Waals surface area contributed by atoms with Gasteiger partial charge in [0.15, 0.2) is 0 Å². The fraction of sp³-hybridized carbons (Fsp3) is 0.0857. The monoisotopic (exact) mass is 442 g/mol. The second-order valence-corrected chi connectivity index (χ2v) is 10.4. The second-order valence-electron chi connectivity index (χ2n) is 10.4. The van der Waals surface area contributed by atoms with Gasteiger partial charge in [0.2, 0.25) is 0 Å². The minimum absolute atomic E-state index is 0.297. The van der Waals surface area contributed by atoms with Crippen LogP contribution in [0.1, 0.15) is 50.4 Å². The summed E-state index contributed by atoms with van der Waals surface area (Å²) in [4.78, 5) is 0. The van der Waals surface area contributed by atoms with E-state index < -0.39 is 0 Å². The van der Waals surface area contributed by atoms with E-state index in [0.717, 1.165) is 12.8 Å². The van der Waals surface area contributed by atoms with Crippen molar-refractivity contribution in [2.45, 2.75) is 18.8 Å². The Morgan fingerprint density at radius 2 is 1.20 bits per heavy atom. The lowest BCUT2D eigenvalue weighted by Gasteiger charge is -2.31. The maximum atomic E-state index is 2.53. The molecule has 0 N–H and O–H groups in total. The minimum atomic E-state index is 0.297. The Morgan fingerprint density at radius 1 is 0.457 bits per heavy atom. The molecule has 0 heteroatoms. The van der Waals surface area contributed by atoms with Crippen molar-refractivity contribution in [1.82, 2.24) is 0 Å². The van der Waals surface area contributed by atoms with Crippen molar-refractivity contribution in [3.05, 3.63) is 142 Å². The zero-order valence-electron chi connectivity index (χ0n) is 19.3. The molecule has 0 heterocycles. The Kier molecular flexibility index (Phi) is 3.27. The molecule has 4 aliphatic rings. The molecule has 4 aliphatic carbocycles. The molecule has 35 heavy (non-hydrogen) atoms. The zero-order valence-corrected chi connectivity index (χ0v) is 19.3. The highest BCUT2D eigenvalue weighted by Crippen LogP contribution is 2.59. The van der Waals surface area contributed by atoms with E-state index in [1.54, 1.807) is 0 Å². The average Bonchev–Trinajstić information content (AvgIpc) is 3.58. The topological polar surface area (TPSA) is 0 Å². The van der Waals surface area contributed by atoms with Gasteiger partial charge in [0.25, 0.3) is 0 Å². The van der Waals surface area contributed by atoms with Crippen LogP contribution in [0.2, 0.25) is 0 Å². The van der Waals surface area contributed by atoms with Crippen LogP contribution in [-0.2, 0) is 12.8 Å². The molecule has 5 aromatic rings. The first-order valence-corrected chi connectivity index (χ1v) is 12.7. The van der Waals surface area contributed by atoms with Crippen molar-refractivity contribution in [3.63, 3.8) is 0 Å². The molecule has 0 bridgehead atoms. The lowest BCUT2D eigenvalue weighted by atomic mass is 9.71. The molecule has 0 saturated carbocycles. The van der Waals surface area contributed by atoms with Crippen molar-refractivity contribution in [2.75, 3.05) is 0 Å². The van der Waals surface area contributed by atoms with E-state index in [0.29, 0.717) is 5.92 Å². The molecule has 9 rings (SSSR count). The number of hydrogen-bond donors (Lipinski definition) is 0.